The van der Waals surface area contributed by atoms with E-state index in [1.54, 1.807) is 0 Å². The number of rotatable bonds is 3. The van der Waals surface area contributed by atoms with E-state index in [4.69, 9.17) is 10.0 Å². The van der Waals surface area contributed by atoms with Gasteiger partial charge in [0.2, 0.25) is 0 Å². The van der Waals surface area contributed by atoms with Crippen LogP contribution < -0.4 is 0 Å². The molecule has 0 aliphatic rings. The summed E-state index contributed by atoms with van der Waals surface area (Å²) in [4.78, 5) is 0. The van der Waals surface area contributed by atoms with Crippen LogP contribution in [0.3, 0.4) is 0 Å². The summed E-state index contributed by atoms with van der Waals surface area (Å²) in [5, 5.41) is 16.7. The molecule has 0 radical (unpaired) electrons. The molecule has 0 aliphatic carbocycles. The first-order valence-electron chi connectivity index (χ1n) is 2.64. The lowest BCUT2D eigenvalue weighted by molar-refractivity contribution is 0.408. The first-order valence-corrected chi connectivity index (χ1v) is 5.06. The van der Waals surface area contributed by atoms with E-state index >= 15 is 0 Å². The molecule has 0 aromatic carbocycles. The van der Waals surface area contributed by atoms with Crippen LogP contribution in [0.15, 0.2) is 0 Å². The van der Waals surface area contributed by atoms with Crippen molar-refractivity contribution < 1.29 is 10.0 Å². The molecule has 48 valence electrons. The van der Waals surface area contributed by atoms with Crippen molar-refractivity contribution in [3.63, 3.8) is 0 Å². The Morgan fingerprint density at radius 1 is 1.38 bits per heavy atom. The summed E-state index contributed by atoms with van der Waals surface area (Å²) in [6.07, 6.45) is 1.48. The van der Waals surface area contributed by atoms with E-state index in [0.717, 1.165) is 6.16 Å². The van der Waals surface area contributed by atoms with Gasteiger partial charge in [0.15, 0.2) is 0 Å². The van der Waals surface area contributed by atoms with Crippen LogP contribution in [0.5, 0.6) is 0 Å². The maximum atomic E-state index is 8.37. The van der Waals surface area contributed by atoms with Crippen molar-refractivity contribution in [3.05, 3.63) is 0 Å². The van der Waals surface area contributed by atoms with Crippen LogP contribution in [0.2, 0.25) is 6.32 Å². The second kappa shape index (κ2) is 4.31. The second-order valence-electron chi connectivity index (χ2n) is 2.07. The lowest BCUT2D eigenvalue weighted by Crippen LogP contribution is -2.11. The Morgan fingerprint density at radius 2 is 1.88 bits per heavy atom. The quantitative estimate of drug-likeness (QED) is 0.427. The monoisotopic (exact) mass is 134 g/mol. The Labute approximate surface area is 51.8 Å². The van der Waals surface area contributed by atoms with E-state index in [0.29, 0.717) is 6.32 Å². The first kappa shape index (κ1) is 8.41. The van der Waals surface area contributed by atoms with E-state index in [9.17, 15) is 0 Å². The fraction of sp³-hybridized carbons (Fsp3) is 1.00. The van der Waals surface area contributed by atoms with Crippen LogP contribution in [0.1, 0.15) is 0 Å². The minimum Gasteiger partial charge on any atom is -0.427 e. The molecule has 0 bridgehead atoms. The molecule has 0 saturated heterocycles. The van der Waals surface area contributed by atoms with E-state index in [1.165, 1.54) is 0 Å². The van der Waals surface area contributed by atoms with Gasteiger partial charge in [0.1, 0.15) is 0 Å². The predicted octanol–water partition coefficient (Wildman–Crippen LogP) is 0.201. The average molecular weight is 134 g/mol. The Bertz CT molecular complexity index is 50.0. The van der Waals surface area contributed by atoms with Crippen LogP contribution in [0.25, 0.3) is 0 Å². The molecule has 2 nitrogen and oxygen atoms in total. The highest BCUT2D eigenvalue weighted by Crippen LogP contribution is 2.25. The predicted molar refractivity (Wildman–Crippen MR) is 38.6 cm³/mol. The van der Waals surface area contributed by atoms with Crippen LogP contribution in [-0.2, 0) is 0 Å². The van der Waals surface area contributed by atoms with Gasteiger partial charge < -0.3 is 10.0 Å². The van der Waals surface area contributed by atoms with Crippen molar-refractivity contribution in [2.75, 3.05) is 19.5 Å². The smallest absolute Gasteiger partial charge is 0.427 e. The minimum absolute atomic E-state index is 0.0470. The third-order valence-corrected chi connectivity index (χ3v) is 1.99. The van der Waals surface area contributed by atoms with Gasteiger partial charge in [-0.2, -0.15) is 0 Å². The summed E-state index contributed by atoms with van der Waals surface area (Å²) < 4.78 is 0. The van der Waals surface area contributed by atoms with Crippen molar-refractivity contribution in [2.45, 2.75) is 6.32 Å². The van der Waals surface area contributed by atoms with Gasteiger partial charge in [-0.3, -0.25) is 0 Å². The molecule has 8 heavy (non-hydrogen) atoms. The standard InChI is InChI=1S/C4H12BO2P/c1-8(2)4-3-5(6)7/h6-7H,3-4H2,1-2H3. The summed E-state index contributed by atoms with van der Waals surface area (Å²) in [5.74, 6) is 0. The highest BCUT2D eigenvalue weighted by molar-refractivity contribution is 7.56. The Hall–Kier alpha value is 0.415. The van der Waals surface area contributed by atoms with E-state index in [-0.39, 0.29) is 7.92 Å². The van der Waals surface area contributed by atoms with Gasteiger partial charge in [-0.1, -0.05) is 0 Å². The third-order valence-electron chi connectivity index (χ3n) is 0.835. The van der Waals surface area contributed by atoms with Crippen LogP contribution >= 0.6 is 7.92 Å². The Morgan fingerprint density at radius 3 is 2.00 bits per heavy atom. The fourth-order valence-corrected chi connectivity index (χ4v) is 1.12. The highest BCUT2D eigenvalue weighted by Gasteiger charge is 2.05. The summed E-state index contributed by atoms with van der Waals surface area (Å²) >= 11 is 0. The van der Waals surface area contributed by atoms with Gasteiger partial charge in [0.05, 0.1) is 0 Å². The van der Waals surface area contributed by atoms with Gasteiger partial charge in [-0.05, 0) is 25.8 Å². The molecule has 0 heterocycles. The van der Waals surface area contributed by atoms with Gasteiger partial charge in [-0.15, -0.1) is 7.92 Å². The van der Waals surface area contributed by atoms with Crippen LogP contribution in [0, 0.1) is 0 Å². The molecule has 0 saturated carbocycles. The second-order valence-corrected chi connectivity index (χ2v) is 4.68. The Balaban J connectivity index is 2.93. The minimum atomic E-state index is -1.10. The molecule has 0 spiro atoms. The molecule has 0 aromatic heterocycles. The largest absolute Gasteiger partial charge is 0.451 e. The molecular formula is C4H12BO2P. The highest BCUT2D eigenvalue weighted by atomic mass is 31.1. The van der Waals surface area contributed by atoms with E-state index < -0.39 is 7.12 Å². The van der Waals surface area contributed by atoms with Crippen LogP contribution in [0.4, 0.5) is 0 Å². The molecule has 0 amide bonds. The fourth-order valence-electron chi connectivity index (χ4n) is 0.374. The first-order chi connectivity index (χ1) is 3.63. The van der Waals surface area contributed by atoms with Crippen molar-refractivity contribution in [1.29, 1.82) is 0 Å². The SMILES string of the molecule is CP(C)CCB(O)O. The molecule has 2 N–H and O–H groups in total. The third kappa shape index (κ3) is 6.41. The van der Waals surface area contributed by atoms with Gasteiger partial charge in [-0.25, -0.2) is 0 Å². The lowest BCUT2D eigenvalue weighted by atomic mass is 9.88. The van der Waals surface area contributed by atoms with E-state index in [1.807, 2.05) is 0 Å². The lowest BCUT2D eigenvalue weighted by Gasteiger charge is -2.01. The zero-order valence-electron chi connectivity index (χ0n) is 5.33. The molecule has 0 aromatic rings. The number of hydrogen-bond donors (Lipinski definition) is 2. The van der Waals surface area contributed by atoms with Gasteiger partial charge >= 0.3 is 7.12 Å². The molecular weight excluding hydrogens is 122 g/mol. The summed E-state index contributed by atoms with van der Waals surface area (Å²) in [7, 11) is -1.05. The molecule has 0 aliphatic heterocycles. The average Bonchev–Trinajstić information content (AvgIpc) is 1.61. The molecule has 0 fully saturated rings. The van der Waals surface area contributed by atoms with Gasteiger partial charge in [0, 0.05) is 0 Å². The summed E-state index contributed by atoms with van der Waals surface area (Å²) in [6.45, 7) is 4.25. The maximum Gasteiger partial charge on any atom is 0.451 e. The zero-order chi connectivity index (χ0) is 6.57. The molecule has 4 heteroatoms. The molecule has 0 unspecified atom stereocenters. The van der Waals surface area contributed by atoms with E-state index in [2.05, 4.69) is 13.3 Å². The normalized spacial score (nSPS) is 10.1. The topological polar surface area (TPSA) is 40.5 Å². The maximum absolute atomic E-state index is 8.37. The van der Waals surface area contributed by atoms with Crippen molar-refractivity contribution in [3.8, 4) is 0 Å². The number of hydrogen-bond acceptors (Lipinski definition) is 2. The van der Waals surface area contributed by atoms with Crippen molar-refractivity contribution in [2.24, 2.45) is 0 Å². The van der Waals surface area contributed by atoms with Crippen LogP contribution in [-0.4, -0.2) is 36.7 Å². The van der Waals surface area contributed by atoms with Crippen molar-refractivity contribution in [1.82, 2.24) is 0 Å². The van der Waals surface area contributed by atoms with Crippen molar-refractivity contribution >= 4 is 15.0 Å². The van der Waals surface area contributed by atoms with Gasteiger partial charge in [0.25, 0.3) is 0 Å². The summed E-state index contributed by atoms with van der Waals surface area (Å²) in [6, 6.07) is 0. The summed E-state index contributed by atoms with van der Waals surface area (Å²) in [5.41, 5.74) is 0. The molecule has 0 rings (SSSR count). The molecule has 0 atom stereocenters. The zero-order valence-corrected chi connectivity index (χ0v) is 6.23. The Kier molecular flexibility index (Phi) is 4.53.